The molecule has 0 aliphatic carbocycles. The molecule has 20 heavy (non-hydrogen) atoms. The largest absolute Gasteiger partial charge is 0.321 e. The van der Waals surface area contributed by atoms with E-state index in [4.69, 9.17) is 5.26 Å². The second kappa shape index (κ2) is 6.69. The van der Waals surface area contributed by atoms with Crippen LogP contribution >= 0.6 is 15.9 Å². The average Bonchev–Trinajstić information content (AvgIpc) is 2.47. The molecule has 2 aromatic rings. The highest BCUT2D eigenvalue weighted by atomic mass is 79.9. The van der Waals surface area contributed by atoms with Crippen molar-refractivity contribution >= 4 is 33.6 Å². The van der Waals surface area contributed by atoms with Gasteiger partial charge < -0.3 is 5.32 Å². The molecular formula is C16H11BrN2O. The van der Waals surface area contributed by atoms with Crippen molar-refractivity contribution in [2.75, 3.05) is 5.32 Å². The first-order valence-corrected chi connectivity index (χ1v) is 6.72. The second-order valence-electron chi connectivity index (χ2n) is 4.04. The number of hydrogen-bond donors (Lipinski definition) is 1. The number of para-hydroxylation sites is 1. The average molecular weight is 327 g/mol. The SMILES string of the molecule is N#C/C(=C/c1ccc(Br)cc1)C(=O)Nc1ccccc1. The van der Waals surface area contributed by atoms with Gasteiger partial charge in [-0.05, 0) is 35.9 Å². The molecule has 0 fully saturated rings. The number of carbonyl (C=O) groups excluding carboxylic acids is 1. The summed E-state index contributed by atoms with van der Waals surface area (Å²) in [6.07, 6.45) is 1.56. The fraction of sp³-hybridized carbons (Fsp3) is 0. The Balaban J connectivity index is 2.18. The highest BCUT2D eigenvalue weighted by molar-refractivity contribution is 9.10. The number of hydrogen-bond acceptors (Lipinski definition) is 2. The first-order chi connectivity index (χ1) is 9.69. The Kier molecular flexibility index (Phi) is 4.70. The van der Waals surface area contributed by atoms with Gasteiger partial charge in [-0.15, -0.1) is 0 Å². The van der Waals surface area contributed by atoms with Gasteiger partial charge in [0, 0.05) is 10.2 Å². The Hall–Kier alpha value is -2.38. The van der Waals surface area contributed by atoms with Gasteiger partial charge in [-0.2, -0.15) is 5.26 Å². The molecule has 0 atom stereocenters. The lowest BCUT2D eigenvalue weighted by Gasteiger charge is -2.03. The fourth-order valence-electron chi connectivity index (χ4n) is 1.59. The molecule has 1 N–H and O–H groups in total. The lowest BCUT2D eigenvalue weighted by molar-refractivity contribution is -0.112. The molecule has 4 heteroatoms. The lowest BCUT2D eigenvalue weighted by Crippen LogP contribution is -2.13. The van der Waals surface area contributed by atoms with Gasteiger partial charge in [0.05, 0.1) is 0 Å². The first-order valence-electron chi connectivity index (χ1n) is 5.93. The normalized spacial score (nSPS) is 10.7. The van der Waals surface area contributed by atoms with Crippen LogP contribution in [0.2, 0.25) is 0 Å². The standard InChI is InChI=1S/C16H11BrN2O/c17-14-8-6-12(7-9-14)10-13(11-18)16(20)19-15-4-2-1-3-5-15/h1-10H,(H,19,20)/b13-10-. The molecule has 1 amide bonds. The van der Waals surface area contributed by atoms with Crippen LogP contribution in [0.15, 0.2) is 64.6 Å². The Morgan fingerprint density at radius 1 is 1.10 bits per heavy atom. The van der Waals surface area contributed by atoms with E-state index in [2.05, 4.69) is 21.2 Å². The van der Waals surface area contributed by atoms with E-state index >= 15 is 0 Å². The molecule has 0 aliphatic heterocycles. The number of nitriles is 1. The maximum Gasteiger partial charge on any atom is 0.266 e. The van der Waals surface area contributed by atoms with Gasteiger partial charge in [0.2, 0.25) is 0 Å². The van der Waals surface area contributed by atoms with Crippen LogP contribution in [0, 0.1) is 11.3 Å². The summed E-state index contributed by atoms with van der Waals surface area (Å²) >= 11 is 3.34. The van der Waals surface area contributed by atoms with E-state index in [0.717, 1.165) is 10.0 Å². The number of benzene rings is 2. The van der Waals surface area contributed by atoms with Crippen LogP contribution in [0.1, 0.15) is 5.56 Å². The minimum Gasteiger partial charge on any atom is -0.321 e. The molecule has 0 heterocycles. The van der Waals surface area contributed by atoms with Gasteiger partial charge in [-0.25, -0.2) is 0 Å². The van der Waals surface area contributed by atoms with E-state index in [0.29, 0.717) is 5.69 Å². The smallest absolute Gasteiger partial charge is 0.266 e. The van der Waals surface area contributed by atoms with E-state index in [1.54, 1.807) is 18.2 Å². The van der Waals surface area contributed by atoms with Crippen molar-refractivity contribution in [1.82, 2.24) is 0 Å². The highest BCUT2D eigenvalue weighted by Crippen LogP contribution is 2.14. The zero-order valence-electron chi connectivity index (χ0n) is 10.5. The van der Waals surface area contributed by atoms with E-state index in [1.165, 1.54) is 0 Å². The number of halogens is 1. The zero-order valence-corrected chi connectivity index (χ0v) is 12.1. The Morgan fingerprint density at radius 2 is 1.75 bits per heavy atom. The molecule has 0 aliphatic rings. The van der Waals surface area contributed by atoms with Crippen LogP contribution in [0.25, 0.3) is 6.08 Å². The van der Waals surface area contributed by atoms with Crippen LogP contribution in [-0.2, 0) is 4.79 Å². The number of nitrogens with one attached hydrogen (secondary N) is 1. The minimum absolute atomic E-state index is 0.0659. The third-order valence-corrected chi connectivity index (χ3v) is 3.11. The van der Waals surface area contributed by atoms with Crippen LogP contribution in [-0.4, -0.2) is 5.91 Å². The van der Waals surface area contributed by atoms with Gasteiger partial charge >= 0.3 is 0 Å². The van der Waals surface area contributed by atoms with Crippen molar-refractivity contribution in [3.8, 4) is 6.07 Å². The quantitative estimate of drug-likeness (QED) is 0.684. The molecule has 2 aromatic carbocycles. The first kappa shape index (κ1) is 14.0. The van der Waals surface area contributed by atoms with Gasteiger partial charge in [-0.3, -0.25) is 4.79 Å². The second-order valence-corrected chi connectivity index (χ2v) is 4.96. The van der Waals surface area contributed by atoms with Gasteiger partial charge in [0.1, 0.15) is 11.6 Å². The molecule has 0 unspecified atom stereocenters. The molecule has 0 saturated heterocycles. The Labute approximate surface area is 125 Å². The number of amides is 1. The summed E-state index contributed by atoms with van der Waals surface area (Å²) in [5, 5.41) is 11.8. The number of rotatable bonds is 3. The van der Waals surface area contributed by atoms with E-state index in [9.17, 15) is 4.79 Å². The highest BCUT2D eigenvalue weighted by Gasteiger charge is 2.09. The fourth-order valence-corrected chi connectivity index (χ4v) is 1.86. The molecular weight excluding hydrogens is 316 g/mol. The van der Waals surface area contributed by atoms with Crippen molar-refractivity contribution in [2.45, 2.75) is 0 Å². The molecule has 0 spiro atoms. The third kappa shape index (κ3) is 3.81. The minimum atomic E-state index is -0.415. The molecule has 0 radical (unpaired) electrons. The van der Waals surface area contributed by atoms with Gasteiger partial charge in [0.25, 0.3) is 5.91 Å². The molecule has 3 nitrogen and oxygen atoms in total. The van der Waals surface area contributed by atoms with Crippen molar-refractivity contribution in [3.63, 3.8) is 0 Å². The Bertz CT molecular complexity index is 670. The summed E-state index contributed by atoms with van der Waals surface area (Å²) in [6.45, 7) is 0. The van der Waals surface area contributed by atoms with Crippen LogP contribution in [0.4, 0.5) is 5.69 Å². The maximum absolute atomic E-state index is 12.0. The summed E-state index contributed by atoms with van der Waals surface area (Å²) in [5.74, 6) is -0.415. The van der Waals surface area contributed by atoms with Crippen LogP contribution < -0.4 is 5.32 Å². The zero-order chi connectivity index (χ0) is 14.4. The predicted octanol–water partition coefficient (Wildman–Crippen LogP) is 3.99. The summed E-state index contributed by atoms with van der Waals surface area (Å²) in [7, 11) is 0. The van der Waals surface area contributed by atoms with Gasteiger partial charge in [0.15, 0.2) is 0 Å². The molecule has 0 saturated carbocycles. The van der Waals surface area contributed by atoms with Crippen LogP contribution in [0.3, 0.4) is 0 Å². The van der Waals surface area contributed by atoms with Crippen molar-refractivity contribution in [2.24, 2.45) is 0 Å². The molecule has 0 bridgehead atoms. The Morgan fingerprint density at radius 3 is 2.35 bits per heavy atom. The molecule has 98 valence electrons. The molecule has 2 rings (SSSR count). The van der Waals surface area contributed by atoms with E-state index < -0.39 is 5.91 Å². The van der Waals surface area contributed by atoms with Crippen LogP contribution in [0.5, 0.6) is 0 Å². The summed E-state index contributed by atoms with van der Waals surface area (Å²) in [4.78, 5) is 12.0. The number of anilines is 1. The topological polar surface area (TPSA) is 52.9 Å². The summed E-state index contributed by atoms with van der Waals surface area (Å²) in [5.41, 5.74) is 1.53. The van der Waals surface area contributed by atoms with Crippen molar-refractivity contribution in [3.05, 3.63) is 70.2 Å². The predicted molar refractivity (Wildman–Crippen MR) is 82.8 cm³/mol. The van der Waals surface area contributed by atoms with Gasteiger partial charge in [-0.1, -0.05) is 46.3 Å². The number of nitrogens with zero attached hydrogens (tertiary/aromatic N) is 1. The summed E-state index contributed by atoms with van der Waals surface area (Å²) < 4.78 is 0.946. The van der Waals surface area contributed by atoms with E-state index in [1.807, 2.05) is 48.5 Å². The maximum atomic E-state index is 12.0. The van der Waals surface area contributed by atoms with E-state index in [-0.39, 0.29) is 5.57 Å². The van der Waals surface area contributed by atoms with Crippen molar-refractivity contribution < 1.29 is 4.79 Å². The third-order valence-electron chi connectivity index (χ3n) is 2.58. The summed E-state index contributed by atoms with van der Waals surface area (Å²) in [6, 6.07) is 18.3. The number of carbonyl (C=O) groups is 1. The monoisotopic (exact) mass is 326 g/mol. The lowest BCUT2D eigenvalue weighted by atomic mass is 10.1. The molecule has 0 aromatic heterocycles. The van der Waals surface area contributed by atoms with Crippen molar-refractivity contribution in [1.29, 1.82) is 5.26 Å².